The van der Waals surface area contributed by atoms with Crippen molar-refractivity contribution >= 4 is 45.8 Å². The van der Waals surface area contributed by atoms with Gasteiger partial charge >= 0.3 is 12.2 Å². The number of nitrogens with zero attached hydrogens (tertiary/aromatic N) is 1. The number of aliphatic hydroxyl groups excluding tert-OH is 1. The maximum Gasteiger partial charge on any atom is 0.407 e. The van der Waals surface area contributed by atoms with Gasteiger partial charge in [0.25, 0.3) is 11.8 Å². The van der Waals surface area contributed by atoms with Crippen LogP contribution in [-0.4, -0.2) is 80.4 Å². The number of amides is 4. The minimum atomic E-state index is -0.662. The Bertz CT molecular complexity index is 2020. The number of H-pyrrole nitrogens is 2. The molecule has 0 unspecified atom stereocenters. The van der Waals surface area contributed by atoms with Crippen molar-refractivity contribution in [2.24, 2.45) is 0 Å². The number of aromatic nitrogens is 2. The molecular weight excluding hydrogens is 662 g/mol. The third-order valence-corrected chi connectivity index (χ3v) is 8.23. The molecule has 5 N–H and O–H groups in total. The van der Waals surface area contributed by atoms with Crippen LogP contribution in [0.4, 0.5) is 9.59 Å². The number of benzene rings is 3. The SMILES string of the molecule is CC(C)(C)OC(=O)N[C@@H](Cc1c[nH]c2ccccc12)CN1C(=O)c2ccccc2C1=O.CC(C)(C)OC(=O)N[C@H](CO)Cc1c[nH]c2ccccc12. The number of ether oxygens (including phenoxy) is 2. The third kappa shape index (κ3) is 9.58. The summed E-state index contributed by atoms with van der Waals surface area (Å²) in [6, 6.07) is 21.7. The van der Waals surface area contributed by atoms with E-state index >= 15 is 0 Å². The van der Waals surface area contributed by atoms with Crippen LogP contribution in [0.25, 0.3) is 21.8 Å². The Kier molecular flexibility index (Phi) is 11.4. The van der Waals surface area contributed by atoms with E-state index in [2.05, 4.69) is 20.6 Å². The van der Waals surface area contributed by atoms with E-state index < -0.39 is 29.4 Å². The number of hydrogen-bond donors (Lipinski definition) is 5. The minimum absolute atomic E-state index is 0.0467. The molecule has 0 bridgehead atoms. The number of fused-ring (bicyclic) bond motifs is 3. The topological polar surface area (TPSA) is 166 Å². The monoisotopic (exact) mass is 709 g/mol. The number of imide groups is 1. The molecule has 3 heterocycles. The first-order valence-corrected chi connectivity index (χ1v) is 17.3. The van der Waals surface area contributed by atoms with Crippen molar-refractivity contribution in [3.05, 3.63) is 107 Å². The highest BCUT2D eigenvalue weighted by Gasteiger charge is 2.37. The van der Waals surface area contributed by atoms with Gasteiger partial charge < -0.3 is 35.2 Å². The number of para-hydroxylation sites is 2. The average molecular weight is 710 g/mol. The van der Waals surface area contributed by atoms with Crippen LogP contribution in [0.1, 0.15) is 73.4 Å². The van der Waals surface area contributed by atoms with Gasteiger partial charge in [-0.15, -0.1) is 0 Å². The maximum absolute atomic E-state index is 12.8. The molecule has 2 atom stereocenters. The Morgan fingerprint density at radius 3 is 1.52 bits per heavy atom. The zero-order valence-electron chi connectivity index (χ0n) is 30.4. The molecule has 0 fully saturated rings. The number of carbonyl (C=O) groups excluding carboxylic acids is 4. The molecule has 0 radical (unpaired) electrons. The molecule has 3 aromatic carbocycles. The first-order chi connectivity index (χ1) is 24.6. The molecule has 0 spiro atoms. The molecule has 1 aliphatic rings. The van der Waals surface area contributed by atoms with Crippen LogP contribution in [0.2, 0.25) is 0 Å². The van der Waals surface area contributed by atoms with Gasteiger partial charge in [-0.05, 0) is 89.8 Å². The van der Waals surface area contributed by atoms with Gasteiger partial charge in [-0.1, -0.05) is 48.5 Å². The van der Waals surface area contributed by atoms with E-state index in [4.69, 9.17) is 9.47 Å². The van der Waals surface area contributed by atoms with E-state index in [1.54, 1.807) is 65.8 Å². The first kappa shape index (κ1) is 37.6. The predicted octanol–water partition coefficient (Wildman–Crippen LogP) is 6.50. The van der Waals surface area contributed by atoms with E-state index in [1.165, 1.54) is 4.90 Å². The fraction of sp³-hybridized carbons (Fsp3) is 0.350. The van der Waals surface area contributed by atoms with E-state index in [9.17, 15) is 24.3 Å². The fourth-order valence-electron chi connectivity index (χ4n) is 6.03. The number of hydrogen-bond acceptors (Lipinski definition) is 7. The van der Waals surface area contributed by atoms with Gasteiger partial charge in [0, 0.05) is 34.2 Å². The number of alkyl carbamates (subject to hydrolysis) is 2. The van der Waals surface area contributed by atoms with Crippen molar-refractivity contribution in [2.75, 3.05) is 13.2 Å². The minimum Gasteiger partial charge on any atom is -0.444 e. The summed E-state index contributed by atoms with van der Waals surface area (Å²) in [5.74, 6) is -0.703. The van der Waals surface area contributed by atoms with Crippen molar-refractivity contribution in [3.8, 4) is 0 Å². The molecule has 0 saturated carbocycles. The van der Waals surface area contributed by atoms with Gasteiger partial charge in [-0.2, -0.15) is 0 Å². The molecule has 5 aromatic rings. The van der Waals surface area contributed by atoms with Crippen molar-refractivity contribution in [1.29, 1.82) is 0 Å². The summed E-state index contributed by atoms with van der Waals surface area (Å²) in [5.41, 5.74) is 3.62. The lowest BCUT2D eigenvalue weighted by Crippen LogP contribution is -2.48. The normalized spacial score (nSPS) is 14.0. The molecule has 2 aromatic heterocycles. The van der Waals surface area contributed by atoms with E-state index in [0.717, 1.165) is 32.9 Å². The van der Waals surface area contributed by atoms with Crippen LogP contribution >= 0.6 is 0 Å². The Balaban J connectivity index is 0.000000217. The van der Waals surface area contributed by atoms with Gasteiger partial charge in [0.05, 0.1) is 36.4 Å². The van der Waals surface area contributed by atoms with Gasteiger partial charge in [0.1, 0.15) is 11.2 Å². The van der Waals surface area contributed by atoms with Gasteiger partial charge in [0.15, 0.2) is 0 Å². The Labute approximate surface area is 302 Å². The number of aromatic amines is 2. The lowest BCUT2D eigenvalue weighted by atomic mass is 10.0. The van der Waals surface area contributed by atoms with Crippen molar-refractivity contribution in [2.45, 2.75) is 77.7 Å². The lowest BCUT2D eigenvalue weighted by molar-refractivity contribution is 0.0466. The van der Waals surface area contributed by atoms with Crippen LogP contribution in [0.3, 0.4) is 0 Å². The number of aliphatic hydroxyl groups is 1. The highest BCUT2D eigenvalue weighted by molar-refractivity contribution is 6.21. The molecule has 12 nitrogen and oxygen atoms in total. The molecule has 0 saturated heterocycles. The Hall–Kier alpha value is -5.62. The zero-order valence-corrected chi connectivity index (χ0v) is 30.4. The first-order valence-electron chi connectivity index (χ1n) is 17.3. The second-order valence-electron chi connectivity index (χ2n) is 14.8. The Morgan fingerprint density at radius 1 is 0.673 bits per heavy atom. The molecule has 1 aliphatic heterocycles. The predicted molar refractivity (Wildman–Crippen MR) is 199 cm³/mol. The molecule has 12 heteroatoms. The summed E-state index contributed by atoms with van der Waals surface area (Å²) < 4.78 is 10.6. The summed E-state index contributed by atoms with van der Waals surface area (Å²) in [7, 11) is 0. The largest absolute Gasteiger partial charge is 0.444 e. The van der Waals surface area contributed by atoms with Gasteiger partial charge in [-0.25, -0.2) is 9.59 Å². The van der Waals surface area contributed by atoms with Crippen molar-refractivity contribution < 1.29 is 33.8 Å². The second-order valence-corrected chi connectivity index (χ2v) is 14.8. The van der Waals surface area contributed by atoms with Crippen molar-refractivity contribution in [3.63, 3.8) is 0 Å². The fourth-order valence-corrected chi connectivity index (χ4v) is 6.03. The molecule has 6 rings (SSSR count). The molecule has 274 valence electrons. The smallest absolute Gasteiger partial charge is 0.407 e. The highest BCUT2D eigenvalue weighted by atomic mass is 16.6. The summed E-state index contributed by atoms with van der Waals surface area (Å²) in [5, 5.41) is 17.1. The Morgan fingerprint density at radius 2 is 1.08 bits per heavy atom. The summed E-state index contributed by atoms with van der Waals surface area (Å²) in [4.78, 5) is 57.5. The lowest BCUT2D eigenvalue weighted by Gasteiger charge is -2.26. The van der Waals surface area contributed by atoms with E-state index in [-0.39, 0.29) is 31.0 Å². The second kappa shape index (κ2) is 15.7. The number of nitrogens with one attached hydrogen (secondary N) is 4. The summed E-state index contributed by atoms with van der Waals surface area (Å²) >= 11 is 0. The van der Waals surface area contributed by atoms with E-state index in [0.29, 0.717) is 24.0 Å². The molecule has 0 aliphatic carbocycles. The van der Waals surface area contributed by atoms with Crippen LogP contribution in [0.5, 0.6) is 0 Å². The molecule has 4 amide bonds. The van der Waals surface area contributed by atoms with E-state index in [1.807, 2.05) is 60.9 Å². The third-order valence-electron chi connectivity index (χ3n) is 8.23. The zero-order chi connectivity index (χ0) is 37.6. The van der Waals surface area contributed by atoms with Crippen LogP contribution in [0.15, 0.2) is 85.2 Å². The molecular formula is C40H47N5O7. The number of rotatable bonds is 9. The number of carbonyl (C=O) groups is 4. The van der Waals surface area contributed by atoms with Crippen LogP contribution in [0, 0.1) is 0 Å². The van der Waals surface area contributed by atoms with Crippen molar-refractivity contribution in [1.82, 2.24) is 25.5 Å². The van der Waals surface area contributed by atoms with Gasteiger partial charge in [-0.3, -0.25) is 14.5 Å². The summed E-state index contributed by atoms with van der Waals surface area (Å²) in [6.45, 7) is 10.7. The maximum atomic E-state index is 12.8. The quantitative estimate of drug-likeness (QED) is 0.109. The standard InChI is InChI=1S/C24H25N3O4.C16H22N2O3/c1-24(2,3)31-23(30)26-16(12-15-13-25-20-11-7-6-8-17(15)20)14-27-21(28)18-9-4-5-10-19(18)22(27)29;1-16(2,3)21-15(20)18-12(10-19)8-11-9-17-14-7-5-4-6-13(11)14/h4-11,13,16,25H,12,14H2,1-3H3,(H,26,30);4-7,9,12,17,19H,8,10H2,1-3H3,(H,18,20)/t16-;12-/m00/s1. The highest BCUT2D eigenvalue weighted by Crippen LogP contribution is 2.25. The van der Waals surface area contributed by atoms with Gasteiger partial charge in [0.2, 0.25) is 0 Å². The summed E-state index contributed by atoms with van der Waals surface area (Å²) in [6.07, 6.45) is 3.66. The molecule has 52 heavy (non-hydrogen) atoms. The van der Waals surface area contributed by atoms with Crippen LogP contribution in [-0.2, 0) is 22.3 Å². The van der Waals surface area contributed by atoms with Crippen LogP contribution < -0.4 is 10.6 Å². The average Bonchev–Trinajstić information content (AvgIpc) is 3.74.